The van der Waals surface area contributed by atoms with Crippen molar-refractivity contribution >= 4 is 47.3 Å². The molecular formula is C21H20N6O4S. The summed E-state index contributed by atoms with van der Waals surface area (Å²) in [5.74, 6) is -1.27. The second-order valence-electron chi connectivity index (χ2n) is 7.56. The number of urea groups is 1. The normalized spacial score (nSPS) is 14.6. The molecule has 0 spiro atoms. The molecule has 1 aromatic carbocycles. The Bertz CT molecular complexity index is 1420. The monoisotopic (exact) mass is 452 g/mol. The number of benzene rings is 1. The van der Waals surface area contributed by atoms with Crippen molar-refractivity contribution in [3.63, 3.8) is 0 Å². The molecule has 0 aliphatic carbocycles. The molecule has 1 aliphatic rings. The smallest absolute Gasteiger partial charge is 0.322 e. The molecule has 4 rings (SSSR count). The van der Waals surface area contributed by atoms with Crippen LogP contribution in [0.5, 0.6) is 0 Å². The largest absolute Gasteiger partial charge is 0.333 e. The van der Waals surface area contributed by atoms with Crippen molar-refractivity contribution in [2.24, 2.45) is 14.1 Å². The van der Waals surface area contributed by atoms with Crippen LogP contribution in [0.1, 0.15) is 11.1 Å². The molecule has 4 amide bonds. The predicted molar refractivity (Wildman–Crippen MR) is 119 cm³/mol. The van der Waals surface area contributed by atoms with Gasteiger partial charge < -0.3 is 4.57 Å². The number of fused-ring (bicyclic) bond motifs is 1. The molecule has 0 atom stereocenters. The standard InChI is InChI=1S/C21H20N6O4S/c1-23-16-15(19(32)26(4)20(23)30)27(11-22-16)10-13-7-5-12(6-8-13)9-14-17(28)24(2)21(31)25(3)18(14)29/h5-9,11H,10H2,1-4H3. The first-order valence-corrected chi connectivity index (χ1v) is 10.0. The summed E-state index contributed by atoms with van der Waals surface area (Å²) in [6, 6.07) is 6.62. The minimum absolute atomic E-state index is 0.0767. The summed E-state index contributed by atoms with van der Waals surface area (Å²) >= 11 is 5.45. The van der Waals surface area contributed by atoms with Crippen LogP contribution in [-0.4, -0.2) is 60.4 Å². The maximum atomic E-state index is 12.4. The van der Waals surface area contributed by atoms with E-state index in [1.165, 1.54) is 29.3 Å². The van der Waals surface area contributed by atoms with E-state index in [2.05, 4.69) is 4.98 Å². The van der Waals surface area contributed by atoms with Crippen LogP contribution in [0, 0.1) is 4.64 Å². The molecule has 0 bridgehead atoms. The molecule has 11 heteroatoms. The van der Waals surface area contributed by atoms with Crippen LogP contribution in [0.25, 0.3) is 17.2 Å². The van der Waals surface area contributed by atoms with Gasteiger partial charge in [0.05, 0.1) is 6.33 Å². The number of aryl methyl sites for hydroxylation is 1. The third-order valence-electron chi connectivity index (χ3n) is 5.50. The minimum Gasteiger partial charge on any atom is -0.322 e. The SMILES string of the molecule is CN1C(=O)C(=Cc2ccc(Cn3cnc4c3c(=S)n(C)c(=O)n4C)cc2)C(=O)N(C)C1=O. The lowest BCUT2D eigenvalue weighted by Gasteiger charge is -2.28. The summed E-state index contributed by atoms with van der Waals surface area (Å²) in [6.45, 7) is 0.465. The summed E-state index contributed by atoms with van der Waals surface area (Å²) in [5, 5.41) is 0. The summed E-state index contributed by atoms with van der Waals surface area (Å²) in [4.78, 5) is 54.9. The van der Waals surface area contributed by atoms with Crippen LogP contribution in [0.15, 0.2) is 41.0 Å². The number of hydrogen-bond donors (Lipinski definition) is 0. The van der Waals surface area contributed by atoms with Gasteiger partial charge in [0.15, 0.2) is 5.65 Å². The molecular weight excluding hydrogens is 432 g/mol. The first-order chi connectivity index (χ1) is 15.1. The number of imide groups is 2. The van der Waals surface area contributed by atoms with Crippen LogP contribution >= 0.6 is 12.2 Å². The van der Waals surface area contributed by atoms with E-state index < -0.39 is 17.8 Å². The number of aromatic nitrogens is 4. The number of rotatable bonds is 3. The van der Waals surface area contributed by atoms with Crippen LogP contribution in [0.2, 0.25) is 0 Å². The van der Waals surface area contributed by atoms with Crippen molar-refractivity contribution in [2.75, 3.05) is 14.1 Å². The number of imidazole rings is 1. The Morgan fingerprint density at radius 3 is 2.09 bits per heavy atom. The van der Waals surface area contributed by atoms with E-state index in [0.29, 0.717) is 27.9 Å². The fraction of sp³-hybridized carbons (Fsp3) is 0.238. The van der Waals surface area contributed by atoms with E-state index in [-0.39, 0.29) is 11.3 Å². The Kier molecular flexibility index (Phi) is 5.13. The summed E-state index contributed by atoms with van der Waals surface area (Å²) in [5.41, 5.74) is 2.46. The van der Waals surface area contributed by atoms with Crippen molar-refractivity contribution in [3.05, 3.63) is 62.4 Å². The van der Waals surface area contributed by atoms with Crippen molar-refractivity contribution in [1.29, 1.82) is 0 Å². The van der Waals surface area contributed by atoms with E-state index in [9.17, 15) is 19.2 Å². The first kappa shape index (κ1) is 21.4. The molecule has 3 heterocycles. The molecule has 32 heavy (non-hydrogen) atoms. The lowest BCUT2D eigenvalue weighted by molar-refractivity contribution is -0.134. The van der Waals surface area contributed by atoms with Gasteiger partial charge in [0.25, 0.3) is 11.8 Å². The summed E-state index contributed by atoms with van der Waals surface area (Å²) < 4.78 is 5.13. The van der Waals surface area contributed by atoms with Crippen molar-refractivity contribution in [1.82, 2.24) is 28.5 Å². The highest BCUT2D eigenvalue weighted by atomic mass is 32.1. The van der Waals surface area contributed by atoms with Crippen molar-refractivity contribution in [3.8, 4) is 0 Å². The molecule has 1 saturated heterocycles. The van der Waals surface area contributed by atoms with Crippen molar-refractivity contribution < 1.29 is 14.4 Å². The second kappa shape index (κ2) is 7.68. The lowest BCUT2D eigenvalue weighted by Crippen LogP contribution is -2.52. The van der Waals surface area contributed by atoms with Crippen molar-refractivity contribution in [2.45, 2.75) is 6.54 Å². The molecule has 0 saturated carbocycles. The number of amides is 4. The van der Waals surface area contributed by atoms with Gasteiger partial charge in [-0.1, -0.05) is 36.5 Å². The summed E-state index contributed by atoms with van der Waals surface area (Å²) in [7, 11) is 5.95. The first-order valence-electron chi connectivity index (χ1n) is 9.63. The average Bonchev–Trinajstić information content (AvgIpc) is 3.21. The van der Waals surface area contributed by atoms with E-state index in [1.807, 2.05) is 16.7 Å². The highest BCUT2D eigenvalue weighted by Gasteiger charge is 2.37. The van der Waals surface area contributed by atoms with Gasteiger partial charge >= 0.3 is 11.7 Å². The molecule has 2 aromatic heterocycles. The van der Waals surface area contributed by atoms with Crippen LogP contribution in [-0.2, 0) is 30.2 Å². The Morgan fingerprint density at radius 2 is 1.50 bits per heavy atom. The zero-order valence-corrected chi connectivity index (χ0v) is 18.7. The van der Waals surface area contributed by atoms with E-state index in [1.54, 1.807) is 32.6 Å². The predicted octanol–water partition coefficient (Wildman–Crippen LogP) is 1.29. The maximum absolute atomic E-state index is 12.4. The van der Waals surface area contributed by atoms with E-state index >= 15 is 0 Å². The number of hydrogen-bond acceptors (Lipinski definition) is 6. The molecule has 1 fully saturated rings. The number of barbiturate groups is 1. The molecule has 0 N–H and O–H groups in total. The van der Waals surface area contributed by atoms with E-state index in [4.69, 9.17) is 12.2 Å². The van der Waals surface area contributed by atoms with Crippen LogP contribution in [0.4, 0.5) is 4.79 Å². The van der Waals surface area contributed by atoms with Gasteiger partial charge in [-0.2, -0.15) is 0 Å². The Balaban J connectivity index is 1.65. The van der Waals surface area contributed by atoms with Gasteiger partial charge in [0.2, 0.25) is 0 Å². The number of likely N-dealkylation sites (N-methyl/N-ethyl adjacent to an activating group) is 2. The molecule has 0 unspecified atom stereocenters. The average molecular weight is 452 g/mol. The van der Waals surface area contributed by atoms with E-state index in [0.717, 1.165) is 15.4 Å². The number of nitrogens with zero attached hydrogens (tertiary/aromatic N) is 6. The van der Waals surface area contributed by atoms with Gasteiger partial charge in [0.1, 0.15) is 15.7 Å². The molecule has 164 valence electrons. The highest BCUT2D eigenvalue weighted by Crippen LogP contribution is 2.19. The third-order valence-corrected chi connectivity index (χ3v) is 5.97. The number of carbonyl (C=O) groups excluding carboxylic acids is 3. The fourth-order valence-corrected chi connectivity index (χ4v) is 3.86. The number of carbonyl (C=O) groups is 3. The van der Waals surface area contributed by atoms with Gasteiger partial charge in [0, 0.05) is 34.7 Å². The van der Waals surface area contributed by atoms with Gasteiger partial charge in [-0.3, -0.25) is 28.5 Å². The minimum atomic E-state index is -0.660. The van der Waals surface area contributed by atoms with Crippen LogP contribution in [0.3, 0.4) is 0 Å². The molecule has 10 nitrogen and oxygen atoms in total. The Morgan fingerprint density at radius 1 is 0.906 bits per heavy atom. The fourth-order valence-electron chi connectivity index (χ4n) is 3.57. The maximum Gasteiger partial charge on any atom is 0.333 e. The van der Waals surface area contributed by atoms with Gasteiger partial charge in [-0.05, 0) is 17.2 Å². The topological polar surface area (TPSA) is 102 Å². The highest BCUT2D eigenvalue weighted by molar-refractivity contribution is 7.71. The Hall–Kier alpha value is -3.86. The Labute approximate surface area is 187 Å². The molecule has 1 aliphatic heterocycles. The molecule has 0 radical (unpaired) electrons. The second-order valence-corrected chi connectivity index (χ2v) is 7.95. The third kappa shape index (κ3) is 3.26. The lowest BCUT2D eigenvalue weighted by atomic mass is 10.1. The van der Waals surface area contributed by atoms with Gasteiger partial charge in [-0.25, -0.2) is 14.6 Å². The summed E-state index contributed by atoms with van der Waals surface area (Å²) in [6.07, 6.45) is 3.11. The zero-order chi connectivity index (χ0) is 23.3. The van der Waals surface area contributed by atoms with Gasteiger partial charge in [-0.15, -0.1) is 0 Å². The quantitative estimate of drug-likeness (QED) is 0.337. The van der Waals surface area contributed by atoms with Crippen LogP contribution < -0.4 is 5.69 Å². The zero-order valence-electron chi connectivity index (χ0n) is 17.9. The molecule has 3 aromatic rings.